The van der Waals surface area contributed by atoms with Gasteiger partial charge < -0.3 is 15.3 Å². The molecule has 0 saturated carbocycles. The van der Waals surface area contributed by atoms with Gasteiger partial charge in [-0.25, -0.2) is 9.37 Å². The number of nitrogens with one attached hydrogen (secondary N) is 1. The Morgan fingerprint density at radius 1 is 0.971 bits per heavy atom. The molecule has 3 aromatic carbocycles. The Bertz CT molecular complexity index is 1330. The maximum Gasteiger partial charge on any atom is 0.297 e. The summed E-state index contributed by atoms with van der Waals surface area (Å²) < 4.78 is 15.2. The highest BCUT2D eigenvalue weighted by atomic mass is 19.1. The van der Waals surface area contributed by atoms with Gasteiger partial charge >= 0.3 is 0 Å². The predicted octanol–water partition coefficient (Wildman–Crippen LogP) is 4.10. The van der Waals surface area contributed by atoms with E-state index in [9.17, 15) is 19.1 Å². The summed E-state index contributed by atoms with van der Waals surface area (Å²) in [4.78, 5) is 31.8. The van der Waals surface area contributed by atoms with Crippen LogP contribution in [0.1, 0.15) is 27.7 Å². The van der Waals surface area contributed by atoms with Crippen LogP contribution in [0.15, 0.2) is 89.7 Å². The molecule has 0 atom stereocenters. The molecule has 2 N–H and O–H groups in total. The molecule has 7 nitrogen and oxygen atoms in total. The first-order chi connectivity index (χ1) is 16.4. The number of amides is 1. The number of nitrogens with zero attached hydrogens (tertiary/aromatic N) is 3. The fraction of sp³-hybridized carbons (Fsp3) is 0.115. The van der Waals surface area contributed by atoms with Crippen LogP contribution in [0.5, 0.6) is 5.75 Å². The molecular weight excluding hydrogens is 435 g/mol. The van der Waals surface area contributed by atoms with E-state index in [0.29, 0.717) is 0 Å². The fourth-order valence-corrected chi connectivity index (χ4v) is 3.82. The van der Waals surface area contributed by atoms with Gasteiger partial charge in [0, 0.05) is 14.1 Å². The Labute approximate surface area is 195 Å². The molecule has 1 amide bonds. The smallest absolute Gasteiger partial charge is 0.297 e. The molecule has 0 aliphatic rings. The summed E-state index contributed by atoms with van der Waals surface area (Å²) >= 11 is 0. The van der Waals surface area contributed by atoms with E-state index in [1.807, 2.05) is 60.7 Å². The summed E-state index contributed by atoms with van der Waals surface area (Å²) in [6, 6.07) is 24.6. The molecule has 0 aliphatic carbocycles. The van der Waals surface area contributed by atoms with Crippen molar-refractivity contribution < 1.29 is 14.3 Å². The second-order valence-corrected chi connectivity index (χ2v) is 7.74. The number of halogens is 1. The van der Waals surface area contributed by atoms with Crippen LogP contribution >= 0.6 is 0 Å². The van der Waals surface area contributed by atoms with Crippen LogP contribution in [0, 0.1) is 5.82 Å². The molecule has 1 aromatic heterocycles. The fourth-order valence-electron chi connectivity index (χ4n) is 3.82. The number of aromatic hydroxyl groups is 1. The van der Waals surface area contributed by atoms with Crippen molar-refractivity contribution in [3.63, 3.8) is 0 Å². The van der Waals surface area contributed by atoms with Gasteiger partial charge in [0.1, 0.15) is 5.82 Å². The summed E-state index contributed by atoms with van der Waals surface area (Å²) in [7, 11) is 3.22. The summed E-state index contributed by atoms with van der Waals surface area (Å²) in [5.41, 5.74) is 0.506. The van der Waals surface area contributed by atoms with E-state index in [-0.39, 0.29) is 17.7 Å². The SMILES string of the molecule is CN(c1nc(C(=O)Nc2ccccc2F)c(O)c(=O)n1C)C(c1ccccc1)c1ccccc1. The van der Waals surface area contributed by atoms with Crippen LogP contribution in [0.3, 0.4) is 0 Å². The van der Waals surface area contributed by atoms with Crippen molar-refractivity contribution in [2.75, 3.05) is 17.3 Å². The Kier molecular flexibility index (Phi) is 6.40. The first-order valence-electron chi connectivity index (χ1n) is 10.6. The van der Waals surface area contributed by atoms with Crippen molar-refractivity contribution in [1.29, 1.82) is 0 Å². The average Bonchev–Trinajstić information content (AvgIpc) is 2.85. The third-order valence-electron chi connectivity index (χ3n) is 5.51. The van der Waals surface area contributed by atoms with Crippen LogP contribution < -0.4 is 15.8 Å². The van der Waals surface area contributed by atoms with Gasteiger partial charge in [-0.3, -0.25) is 14.2 Å². The van der Waals surface area contributed by atoms with Crippen LogP contribution in [0.4, 0.5) is 16.0 Å². The van der Waals surface area contributed by atoms with Crippen LogP contribution in [0.2, 0.25) is 0 Å². The molecule has 0 fully saturated rings. The summed E-state index contributed by atoms with van der Waals surface area (Å²) in [5, 5.41) is 12.8. The van der Waals surface area contributed by atoms with Gasteiger partial charge in [0.15, 0.2) is 5.69 Å². The minimum absolute atomic E-state index is 0.0873. The lowest BCUT2D eigenvalue weighted by atomic mass is 9.97. The highest BCUT2D eigenvalue weighted by Crippen LogP contribution is 2.31. The number of para-hydroxylation sites is 1. The molecular formula is C26H23FN4O3. The van der Waals surface area contributed by atoms with Crippen LogP contribution in [0.25, 0.3) is 0 Å². The molecule has 172 valence electrons. The van der Waals surface area contributed by atoms with Crippen LogP contribution in [-0.2, 0) is 7.05 Å². The molecule has 0 aliphatic heterocycles. The highest BCUT2D eigenvalue weighted by Gasteiger charge is 2.27. The molecule has 34 heavy (non-hydrogen) atoms. The third kappa shape index (κ3) is 4.38. The Balaban J connectivity index is 1.80. The zero-order valence-electron chi connectivity index (χ0n) is 18.6. The van der Waals surface area contributed by atoms with Gasteiger partial charge in [-0.1, -0.05) is 72.8 Å². The number of carbonyl (C=O) groups excluding carboxylic acids is 1. The average molecular weight is 458 g/mol. The molecule has 4 rings (SSSR count). The van der Waals surface area contributed by atoms with Gasteiger partial charge in [0.2, 0.25) is 11.7 Å². The molecule has 1 heterocycles. The predicted molar refractivity (Wildman–Crippen MR) is 129 cm³/mol. The monoisotopic (exact) mass is 458 g/mol. The van der Waals surface area contributed by atoms with E-state index in [1.54, 1.807) is 18.0 Å². The quantitative estimate of drug-likeness (QED) is 0.454. The minimum Gasteiger partial charge on any atom is -0.501 e. The lowest BCUT2D eigenvalue weighted by Crippen LogP contribution is -2.34. The highest BCUT2D eigenvalue weighted by molar-refractivity contribution is 6.04. The molecule has 0 spiro atoms. The summed E-state index contributed by atoms with van der Waals surface area (Å²) in [5.74, 6) is -2.21. The number of hydrogen-bond acceptors (Lipinski definition) is 5. The topological polar surface area (TPSA) is 87.5 Å². The van der Waals surface area contributed by atoms with Crippen LogP contribution in [-0.4, -0.2) is 27.6 Å². The molecule has 4 aromatic rings. The number of anilines is 2. The third-order valence-corrected chi connectivity index (χ3v) is 5.51. The number of benzene rings is 3. The van der Waals surface area contributed by atoms with Crippen molar-refractivity contribution in [3.8, 4) is 5.75 Å². The number of hydrogen-bond donors (Lipinski definition) is 2. The zero-order chi connectivity index (χ0) is 24.2. The van der Waals surface area contributed by atoms with E-state index < -0.39 is 28.7 Å². The first-order valence-corrected chi connectivity index (χ1v) is 10.6. The molecule has 0 bridgehead atoms. The van der Waals surface area contributed by atoms with E-state index in [1.165, 1.54) is 29.8 Å². The molecule has 0 saturated heterocycles. The van der Waals surface area contributed by atoms with Gasteiger partial charge in [-0.05, 0) is 23.3 Å². The Morgan fingerprint density at radius 2 is 1.50 bits per heavy atom. The zero-order valence-corrected chi connectivity index (χ0v) is 18.6. The second kappa shape index (κ2) is 9.58. The van der Waals surface area contributed by atoms with Gasteiger partial charge in [0.05, 0.1) is 11.7 Å². The van der Waals surface area contributed by atoms with Crippen molar-refractivity contribution in [3.05, 3.63) is 118 Å². The first kappa shape index (κ1) is 22.7. The summed E-state index contributed by atoms with van der Waals surface area (Å²) in [6.07, 6.45) is 0. The van der Waals surface area contributed by atoms with E-state index in [2.05, 4.69) is 10.3 Å². The van der Waals surface area contributed by atoms with Gasteiger partial charge in [0.25, 0.3) is 11.5 Å². The Morgan fingerprint density at radius 3 is 2.06 bits per heavy atom. The standard InChI is InChI=1S/C26H23FN4O3/c1-30(22(17-11-5-3-6-12-17)18-13-7-4-8-14-18)26-29-21(23(32)25(34)31(26)2)24(33)28-20-16-10-9-15-19(20)27/h3-16,22,32H,1-2H3,(H,28,33). The Hall–Kier alpha value is -4.46. The minimum atomic E-state index is -0.897. The van der Waals surface area contributed by atoms with Crippen molar-refractivity contribution >= 4 is 17.5 Å². The number of aromatic nitrogens is 2. The number of rotatable bonds is 6. The second-order valence-electron chi connectivity index (χ2n) is 7.74. The largest absolute Gasteiger partial charge is 0.501 e. The van der Waals surface area contributed by atoms with Gasteiger partial charge in [-0.2, -0.15) is 0 Å². The van der Waals surface area contributed by atoms with E-state index in [0.717, 1.165) is 11.1 Å². The van der Waals surface area contributed by atoms with Crippen molar-refractivity contribution in [2.45, 2.75) is 6.04 Å². The van der Waals surface area contributed by atoms with Crippen molar-refractivity contribution in [2.24, 2.45) is 7.05 Å². The van der Waals surface area contributed by atoms with Crippen molar-refractivity contribution in [1.82, 2.24) is 9.55 Å². The van der Waals surface area contributed by atoms with E-state index in [4.69, 9.17) is 0 Å². The molecule has 0 radical (unpaired) electrons. The van der Waals surface area contributed by atoms with Gasteiger partial charge in [-0.15, -0.1) is 0 Å². The maximum atomic E-state index is 14.0. The maximum absolute atomic E-state index is 14.0. The van der Waals surface area contributed by atoms with E-state index >= 15 is 0 Å². The number of carbonyl (C=O) groups is 1. The summed E-state index contributed by atoms with van der Waals surface area (Å²) in [6.45, 7) is 0. The normalized spacial score (nSPS) is 10.8. The molecule has 0 unspecified atom stereocenters. The lowest BCUT2D eigenvalue weighted by molar-refractivity contribution is 0.101. The lowest BCUT2D eigenvalue weighted by Gasteiger charge is -2.31. The molecule has 8 heteroatoms.